The van der Waals surface area contributed by atoms with Gasteiger partial charge >= 0.3 is 0 Å². The Morgan fingerprint density at radius 1 is 1.04 bits per heavy atom. The highest BCUT2D eigenvalue weighted by atomic mass is 35.5. The molecule has 0 fully saturated rings. The normalized spacial score (nSPS) is 10.8. The number of hydrazone groups is 1. The van der Waals surface area contributed by atoms with Crippen LogP contribution >= 0.6 is 11.6 Å². The monoisotopic (exact) mass is 353 g/mol. The van der Waals surface area contributed by atoms with Crippen LogP contribution in [0, 0.1) is 0 Å². The molecule has 3 rings (SSSR count). The Balaban J connectivity index is 1.50. The summed E-state index contributed by atoms with van der Waals surface area (Å²) < 4.78 is 5.66. The standard InChI is InChI=1S/C19H16ClN3O2/c20-15-8-6-14(7-9-15)18-11-10-17(25-18)12-22-23-19(24)13-21-16-4-2-1-3-5-16/h1-12,21H,13H2,(H,23,24)/b22-12+. The molecule has 0 unspecified atom stereocenters. The predicted molar refractivity (Wildman–Crippen MR) is 99.8 cm³/mol. The van der Waals surface area contributed by atoms with Crippen LogP contribution in [0.5, 0.6) is 0 Å². The largest absolute Gasteiger partial charge is 0.455 e. The molecule has 1 aromatic heterocycles. The van der Waals surface area contributed by atoms with Crippen molar-refractivity contribution in [2.24, 2.45) is 5.10 Å². The van der Waals surface area contributed by atoms with Gasteiger partial charge in [-0.05, 0) is 48.5 Å². The van der Waals surface area contributed by atoms with E-state index in [-0.39, 0.29) is 12.5 Å². The van der Waals surface area contributed by atoms with Gasteiger partial charge in [-0.1, -0.05) is 29.8 Å². The molecule has 0 radical (unpaired) electrons. The highest BCUT2D eigenvalue weighted by molar-refractivity contribution is 6.30. The van der Waals surface area contributed by atoms with Gasteiger partial charge in [-0.25, -0.2) is 5.43 Å². The zero-order valence-corrected chi connectivity index (χ0v) is 14.0. The molecule has 126 valence electrons. The van der Waals surface area contributed by atoms with Gasteiger partial charge in [0.2, 0.25) is 0 Å². The predicted octanol–water partition coefficient (Wildman–Crippen LogP) is 4.16. The second-order valence-corrected chi connectivity index (χ2v) is 5.66. The van der Waals surface area contributed by atoms with Crippen molar-refractivity contribution in [3.8, 4) is 11.3 Å². The molecule has 1 heterocycles. The lowest BCUT2D eigenvalue weighted by atomic mass is 10.2. The van der Waals surface area contributed by atoms with Gasteiger partial charge in [-0.2, -0.15) is 5.10 Å². The molecular weight excluding hydrogens is 338 g/mol. The van der Waals surface area contributed by atoms with Crippen LogP contribution in [0.4, 0.5) is 5.69 Å². The zero-order valence-electron chi connectivity index (χ0n) is 13.3. The molecule has 2 aromatic carbocycles. The third kappa shape index (κ3) is 4.96. The van der Waals surface area contributed by atoms with Crippen LogP contribution in [0.3, 0.4) is 0 Å². The van der Waals surface area contributed by atoms with E-state index in [2.05, 4.69) is 15.8 Å². The van der Waals surface area contributed by atoms with Gasteiger partial charge in [0.15, 0.2) is 0 Å². The Morgan fingerprint density at radius 3 is 2.56 bits per heavy atom. The second-order valence-electron chi connectivity index (χ2n) is 5.22. The zero-order chi connectivity index (χ0) is 17.5. The van der Waals surface area contributed by atoms with Crippen LogP contribution in [-0.2, 0) is 4.79 Å². The molecule has 1 amide bonds. The lowest BCUT2D eigenvalue weighted by molar-refractivity contribution is -0.119. The van der Waals surface area contributed by atoms with Crippen molar-refractivity contribution in [1.82, 2.24) is 5.43 Å². The minimum absolute atomic E-state index is 0.134. The number of hydrogen-bond acceptors (Lipinski definition) is 4. The third-order valence-corrected chi connectivity index (χ3v) is 3.62. The highest BCUT2D eigenvalue weighted by Crippen LogP contribution is 2.23. The molecule has 0 atom stereocenters. The molecule has 0 saturated heterocycles. The van der Waals surface area contributed by atoms with E-state index in [0.29, 0.717) is 16.5 Å². The van der Waals surface area contributed by atoms with Gasteiger partial charge in [0.1, 0.15) is 11.5 Å². The molecule has 0 bridgehead atoms. The SMILES string of the molecule is O=C(CNc1ccccc1)N/N=C/c1ccc(-c2ccc(Cl)cc2)o1. The van der Waals surface area contributed by atoms with Crippen molar-refractivity contribution >= 4 is 29.4 Å². The summed E-state index contributed by atoms with van der Waals surface area (Å²) in [6.45, 7) is 0.134. The van der Waals surface area contributed by atoms with E-state index < -0.39 is 0 Å². The summed E-state index contributed by atoms with van der Waals surface area (Å²) in [5.41, 5.74) is 4.24. The van der Waals surface area contributed by atoms with Crippen molar-refractivity contribution in [3.05, 3.63) is 77.5 Å². The van der Waals surface area contributed by atoms with Crippen LogP contribution in [0.25, 0.3) is 11.3 Å². The number of rotatable bonds is 6. The summed E-state index contributed by atoms with van der Waals surface area (Å²) in [6.07, 6.45) is 1.46. The van der Waals surface area contributed by atoms with Gasteiger partial charge in [0.25, 0.3) is 5.91 Å². The second kappa shape index (κ2) is 8.17. The van der Waals surface area contributed by atoms with Gasteiger partial charge in [0.05, 0.1) is 12.8 Å². The maximum Gasteiger partial charge on any atom is 0.259 e. The number of nitrogens with one attached hydrogen (secondary N) is 2. The first kappa shape index (κ1) is 16.8. The molecule has 3 aromatic rings. The molecule has 0 spiro atoms. The molecule has 0 saturated carbocycles. The minimum atomic E-state index is -0.246. The molecule has 25 heavy (non-hydrogen) atoms. The van der Waals surface area contributed by atoms with Gasteiger partial charge in [-0.15, -0.1) is 0 Å². The molecule has 0 aliphatic heterocycles. The summed E-state index contributed by atoms with van der Waals surface area (Å²) in [7, 11) is 0. The Kier molecular flexibility index (Phi) is 5.49. The van der Waals surface area contributed by atoms with E-state index in [1.54, 1.807) is 18.2 Å². The summed E-state index contributed by atoms with van der Waals surface area (Å²) >= 11 is 5.87. The molecule has 0 aliphatic rings. The van der Waals surface area contributed by atoms with Crippen molar-refractivity contribution in [2.45, 2.75) is 0 Å². The van der Waals surface area contributed by atoms with Crippen LogP contribution in [0.15, 0.2) is 76.2 Å². The lowest BCUT2D eigenvalue weighted by Crippen LogP contribution is -2.25. The van der Waals surface area contributed by atoms with Crippen LogP contribution in [-0.4, -0.2) is 18.7 Å². The Labute approximate surface area is 150 Å². The summed E-state index contributed by atoms with van der Waals surface area (Å²) in [4.78, 5) is 11.7. The highest BCUT2D eigenvalue weighted by Gasteiger charge is 2.04. The average Bonchev–Trinajstić information content (AvgIpc) is 3.10. The van der Waals surface area contributed by atoms with Crippen LogP contribution in [0.2, 0.25) is 5.02 Å². The summed E-state index contributed by atoms with van der Waals surface area (Å²) in [6, 6.07) is 20.4. The fraction of sp³-hybridized carbons (Fsp3) is 0.0526. The number of carbonyl (C=O) groups excluding carboxylic acids is 1. The first-order valence-corrected chi connectivity index (χ1v) is 8.05. The molecule has 6 heteroatoms. The number of anilines is 1. The number of para-hydroxylation sites is 1. The number of carbonyl (C=O) groups is 1. The Hall–Kier alpha value is -3.05. The summed E-state index contributed by atoms with van der Waals surface area (Å²) in [5, 5.41) is 7.57. The van der Waals surface area contributed by atoms with Crippen molar-refractivity contribution < 1.29 is 9.21 Å². The first-order chi connectivity index (χ1) is 12.2. The Bertz CT molecular complexity index is 858. The number of nitrogens with zero attached hydrogens (tertiary/aromatic N) is 1. The number of furan rings is 1. The molecule has 2 N–H and O–H groups in total. The molecule has 5 nitrogen and oxygen atoms in total. The molecule has 0 aliphatic carbocycles. The maximum atomic E-state index is 11.7. The van der Waals surface area contributed by atoms with E-state index in [1.807, 2.05) is 48.5 Å². The van der Waals surface area contributed by atoms with E-state index in [0.717, 1.165) is 11.3 Å². The van der Waals surface area contributed by atoms with Crippen molar-refractivity contribution in [3.63, 3.8) is 0 Å². The van der Waals surface area contributed by atoms with Gasteiger partial charge in [-0.3, -0.25) is 4.79 Å². The van der Waals surface area contributed by atoms with E-state index >= 15 is 0 Å². The topological polar surface area (TPSA) is 66.6 Å². The van der Waals surface area contributed by atoms with Crippen molar-refractivity contribution in [2.75, 3.05) is 11.9 Å². The van der Waals surface area contributed by atoms with Crippen LogP contribution in [0.1, 0.15) is 5.76 Å². The number of amides is 1. The quantitative estimate of drug-likeness (QED) is 0.516. The van der Waals surface area contributed by atoms with E-state index in [1.165, 1.54) is 6.21 Å². The summed E-state index contributed by atoms with van der Waals surface area (Å²) in [5.74, 6) is 1.00. The van der Waals surface area contributed by atoms with E-state index in [4.69, 9.17) is 16.0 Å². The smallest absolute Gasteiger partial charge is 0.259 e. The minimum Gasteiger partial charge on any atom is -0.455 e. The number of benzene rings is 2. The van der Waals surface area contributed by atoms with Gasteiger partial charge in [0, 0.05) is 16.3 Å². The van der Waals surface area contributed by atoms with Crippen molar-refractivity contribution in [1.29, 1.82) is 0 Å². The van der Waals surface area contributed by atoms with Crippen LogP contribution < -0.4 is 10.7 Å². The fourth-order valence-corrected chi connectivity index (χ4v) is 2.26. The van der Waals surface area contributed by atoms with Gasteiger partial charge < -0.3 is 9.73 Å². The maximum absolute atomic E-state index is 11.7. The lowest BCUT2D eigenvalue weighted by Gasteiger charge is -2.04. The first-order valence-electron chi connectivity index (χ1n) is 7.67. The fourth-order valence-electron chi connectivity index (χ4n) is 2.14. The Morgan fingerprint density at radius 2 is 1.80 bits per heavy atom. The van der Waals surface area contributed by atoms with E-state index in [9.17, 15) is 4.79 Å². The third-order valence-electron chi connectivity index (χ3n) is 3.36. The molecular formula is C19H16ClN3O2. The number of hydrogen-bond donors (Lipinski definition) is 2. The average molecular weight is 354 g/mol. The number of halogens is 1.